The monoisotopic (exact) mass is 428 g/mol. The van der Waals surface area contributed by atoms with Gasteiger partial charge >= 0.3 is 0 Å². The molecule has 0 saturated carbocycles. The van der Waals surface area contributed by atoms with Gasteiger partial charge in [-0.15, -0.1) is 10.2 Å². The standard InChI is InChI=1S/C24H24N6O2/c31-23(9-5-15-30-28-24(27-29-30)21-7-2-1-3-8-21)26-17-19-10-12-22(13-11-19)32-18-20-6-4-14-25-16-20/h1-4,6-8,10-14,16H,5,9,15,17-18H2,(H,26,31). The van der Waals surface area contributed by atoms with Gasteiger partial charge in [-0.1, -0.05) is 48.5 Å². The normalized spacial score (nSPS) is 10.6. The first kappa shape index (κ1) is 21.2. The molecule has 2 aromatic carbocycles. The molecule has 2 aromatic heterocycles. The number of nitrogens with one attached hydrogen (secondary N) is 1. The van der Waals surface area contributed by atoms with Crippen molar-refractivity contribution in [3.05, 3.63) is 90.3 Å². The van der Waals surface area contributed by atoms with E-state index in [0.717, 1.165) is 22.4 Å². The third-order valence-electron chi connectivity index (χ3n) is 4.79. The van der Waals surface area contributed by atoms with E-state index in [1.54, 1.807) is 12.4 Å². The number of carbonyl (C=O) groups excluding carboxylic acids is 1. The van der Waals surface area contributed by atoms with Crippen LogP contribution in [-0.4, -0.2) is 31.1 Å². The van der Waals surface area contributed by atoms with Crippen LogP contribution >= 0.6 is 0 Å². The van der Waals surface area contributed by atoms with Crippen molar-refractivity contribution in [3.8, 4) is 17.1 Å². The van der Waals surface area contributed by atoms with E-state index in [2.05, 4.69) is 25.7 Å². The van der Waals surface area contributed by atoms with E-state index in [-0.39, 0.29) is 5.91 Å². The first-order valence-corrected chi connectivity index (χ1v) is 10.5. The van der Waals surface area contributed by atoms with Gasteiger partial charge in [-0.3, -0.25) is 9.78 Å². The zero-order chi connectivity index (χ0) is 22.0. The number of aryl methyl sites for hydroxylation is 1. The predicted octanol–water partition coefficient (Wildman–Crippen LogP) is 3.41. The second kappa shape index (κ2) is 10.8. The minimum atomic E-state index is -0.00898. The summed E-state index contributed by atoms with van der Waals surface area (Å²) in [5.41, 5.74) is 2.95. The number of benzene rings is 2. The van der Waals surface area contributed by atoms with Gasteiger partial charge in [-0.25, -0.2) is 0 Å². The van der Waals surface area contributed by atoms with Crippen LogP contribution in [0.5, 0.6) is 5.75 Å². The van der Waals surface area contributed by atoms with Gasteiger partial charge < -0.3 is 10.1 Å². The maximum absolute atomic E-state index is 12.2. The molecule has 0 fully saturated rings. The Morgan fingerprint density at radius 2 is 1.81 bits per heavy atom. The number of amides is 1. The minimum absolute atomic E-state index is 0.00898. The van der Waals surface area contributed by atoms with Crippen molar-refractivity contribution in [2.75, 3.05) is 0 Å². The zero-order valence-electron chi connectivity index (χ0n) is 17.6. The van der Waals surface area contributed by atoms with Crippen molar-refractivity contribution in [1.82, 2.24) is 30.5 Å². The molecular weight excluding hydrogens is 404 g/mol. The summed E-state index contributed by atoms with van der Waals surface area (Å²) >= 11 is 0. The summed E-state index contributed by atoms with van der Waals surface area (Å²) in [7, 11) is 0. The molecule has 0 radical (unpaired) electrons. The average molecular weight is 428 g/mol. The van der Waals surface area contributed by atoms with E-state index in [1.807, 2.05) is 66.7 Å². The van der Waals surface area contributed by atoms with Crippen LogP contribution in [-0.2, 0) is 24.5 Å². The number of rotatable bonds is 10. The van der Waals surface area contributed by atoms with Crippen LogP contribution in [0.3, 0.4) is 0 Å². The number of ether oxygens (including phenoxy) is 1. The summed E-state index contributed by atoms with van der Waals surface area (Å²) < 4.78 is 5.75. The molecule has 4 rings (SSSR count). The van der Waals surface area contributed by atoms with Gasteiger partial charge in [0.2, 0.25) is 11.7 Å². The van der Waals surface area contributed by atoms with Gasteiger partial charge in [0.05, 0.1) is 6.54 Å². The van der Waals surface area contributed by atoms with E-state index >= 15 is 0 Å². The molecule has 162 valence electrons. The summed E-state index contributed by atoms with van der Waals surface area (Å²) in [6, 6.07) is 21.2. The molecule has 0 bridgehead atoms. The van der Waals surface area contributed by atoms with Crippen LogP contribution in [0.15, 0.2) is 79.1 Å². The molecule has 1 N–H and O–H groups in total. The number of aromatic nitrogens is 5. The van der Waals surface area contributed by atoms with E-state index in [0.29, 0.717) is 38.4 Å². The van der Waals surface area contributed by atoms with Crippen molar-refractivity contribution in [2.45, 2.75) is 32.5 Å². The lowest BCUT2D eigenvalue weighted by atomic mass is 10.2. The topological polar surface area (TPSA) is 94.8 Å². The lowest BCUT2D eigenvalue weighted by Crippen LogP contribution is -2.22. The lowest BCUT2D eigenvalue weighted by molar-refractivity contribution is -0.121. The quantitative estimate of drug-likeness (QED) is 0.416. The molecular formula is C24H24N6O2. The summed E-state index contributed by atoms with van der Waals surface area (Å²) in [6.07, 6.45) is 4.55. The van der Waals surface area contributed by atoms with Crippen LogP contribution in [0.1, 0.15) is 24.0 Å². The fourth-order valence-corrected chi connectivity index (χ4v) is 3.06. The minimum Gasteiger partial charge on any atom is -0.489 e. The Morgan fingerprint density at radius 1 is 0.969 bits per heavy atom. The first-order valence-electron chi connectivity index (χ1n) is 10.5. The van der Waals surface area contributed by atoms with Crippen molar-refractivity contribution >= 4 is 5.91 Å². The Hall–Kier alpha value is -4.07. The molecule has 8 heteroatoms. The van der Waals surface area contributed by atoms with Crippen LogP contribution in [0, 0.1) is 0 Å². The van der Waals surface area contributed by atoms with E-state index in [4.69, 9.17) is 4.74 Å². The second-order valence-corrected chi connectivity index (χ2v) is 7.25. The van der Waals surface area contributed by atoms with E-state index in [1.165, 1.54) is 4.80 Å². The molecule has 2 heterocycles. The Morgan fingerprint density at radius 3 is 2.59 bits per heavy atom. The lowest BCUT2D eigenvalue weighted by Gasteiger charge is -2.08. The molecule has 0 aliphatic carbocycles. The van der Waals surface area contributed by atoms with Crippen LogP contribution in [0.2, 0.25) is 0 Å². The highest BCUT2D eigenvalue weighted by atomic mass is 16.5. The van der Waals surface area contributed by atoms with E-state index in [9.17, 15) is 4.79 Å². The van der Waals surface area contributed by atoms with Gasteiger partial charge in [0.1, 0.15) is 12.4 Å². The molecule has 0 unspecified atom stereocenters. The zero-order valence-corrected chi connectivity index (χ0v) is 17.6. The molecule has 8 nitrogen and oxygen atoms in total. The Balaban J connectivity index is 1.15. The maximum atomic E-state index is 12.2. The smallest absolute Gasteiger partial charge is 0.220 e. The van der Waals surface area contributed by atoms with Crippen molar-refractivity contribution < 1.29 is 9.53 Å². The summed E-state index contributed by atoms with van der Waals surface area (Å²) in [5.74, 6) is 1.35. The van der Waals surface area contributed by atoms with Crippen LogP contribution in [0.25, 0.3) is 11.4 Å². The number of tetrazole rings is 1. The summed E-state index contributed by atoms with van der Waals surface area (Å²) in [4.78, 5) is 17.8. The first-order chi connectivity index (χ1) is 15.8. The number of hydrogen-bond donors (Lipinski definition) is 1. The summed E-state index contributed by atoms with van der Waals surface area (Å²) in [6.45, 7) is 1.48. The Labute approximate surface area is 186 Å². The van der Waals surface area contributed by atoms with Crippen molar-refractivity contribution in [1.29, 1.82) is 0 Å². The Bertz CT molecular complexity index is 1110. The van der Waals surface area contributed by atoms with Crippen LogP contribution < -0.4 is 10.1 Å². The van der Waals surface area contributed by atoms with Crippen molar-refractivity contribution in [3.63, 3.8) is 0 Å². The molecule has 0 saturated heterocycles. The Kier molecular flexibility index (Phi) is 7.15. The molecule has 4 aromatic rings. The van der Waals surface area contributed by atoms with Gasteiger partial charge in [0.15, 0.2) is 0 Å². The number of hydrogen-bond acceptors (Lipinski definition) is 6. The SMILES string of the molecule is O=C(CCCn1nnc(-c2ccccc2)n1)NCc1ccc(OCc2cccnc2)cc1. The fourth-order valence-electron chi connectivity index (χ4n) is 3.06. The molecule has 0 aliphatic rings. The molecule has 32 heavy (non-hydrogen) atoms. The molecule has 0 aliphatic heterocycles. The largest absolute Gasteiger partial charge is 0.489 e. The maximum Gasteiger partial charge on any atom is 0.220 e. The van der Waals surface area contributed by atoms with Crippen molar-refractivity contribution in [2.24, 2.45) is 0 Å². The average Bonchev–Trinajstić information content (AvgIpc) is 3.32. The molecule has 1 amide bonds. The van der Waals surface area contributed by atoms with Gasteiger partial charge in [0.25, 0.3) is 0 Å². The highest BCUT2D eigenvalue weighted by molar-refractivity contribution is 5.75. The van der Waals surface area contributed by atoms with Crippen LogP contribution in [0.4, 0.5) is 0 Å². The second-order valence-electron chi connectivity index (χ2n) is 7.25. The third kappa shape index (κ3) is 6.21. The number of pyridine rings is 1. The highest BCUT2D eigenvalue weighted by Gasteiger charge is 2.07. The highest BCUT2D eigenvalue weighted by Crippen LogP contribution is 2.14. The predicted molar refractivity (Wildman–Crippen MR) is 119 cm³/mol. The number of nitrogens with zero attached hydrogens (tertiary/aromatic N) is 5. The van der Waals surface area contributed by atoms with Gasteiger partial charge in [-0.05, 0) is 35.4 Å². The van der Waals surface area contributed by atoms with Gasteiger partial charge in [0, 0.05) is 36.5 Å². The third-order valence-corrected chi connectivity index (χ3v) is 4.79. The summed E-state index contributed by atoms with van der Waals surface area (Å²) in [5, 5.41) is 15.4. The van der Waals surface area contributed by atoms with Gasteiger partial charge in [-0.2, -0.15) is 4.80 Å². The molecule has 0 spiro atoms. The number of carbonyl (C=O) groups is 1. The van der Waals surface area contributed by atoms with E-state index < -0.39 is 0 Å². The molecule has 0 atom stereocenters. The fraction of sp³-hybridized carbons (Fsp3) is 0.208.